The summed E-state index contributed by atoms with van der Waals surface area (Å²) in [5.74, 6) is -0.431. The first-order chi connectivity index (χ1) is 4.74. The van der Waals surface area contributed by atoms with Gasteiger partial charge in [-0.2, -0.15) is 0 Å². The van der Waals surface area contributed by atoms with E-state index in [9.17, 15) is 4.79 Å². The summed E-state index contributed by atoms with van der Waals surface area (Å²) >= 11 is 0. The normalized spacial score (nSPS) is 39.6. The molecule has 0 spiro atoms. The number of aliphatic hydroxyl groups is 2. The number of aldehydes is 1. The zero-order valence-corrected chi connectivity index (χ0v) is 5.47. The van der Waals surface area contributed by atoms with Gasteiger partial charge in [0.25, 0.3) is 0 Å². The highest BCUT2D eigenvalue weighted by atomic mass is 16.3. The van der Waals surface area contributed by atoms with Gasteiger partial charge in [-0.3, -0.25) is 0 Å². The summed E-state index contributed by atoms with van der Waals surface area (Å²) in [5, 5.41) is 18.0. The zero-order chi connectivity index (χ0) is 7.56. The summed E-state index contributed by atoms with van der Waals surface area (Å²) in [6, 6.07) is 0. The predicted molar refractivity (Wildman–Crippen MR) is 35.3 cm³/mol. The van der Waals surface area contributed by atoms with Crippen LogP contribution in [0, 0.1) is 5.92 Å². The van der Waals surface area contributed by atoms with Crippen LogP contribution in [0.15, 0.2) is 12.2 Å². The molecule has 0 saturated heterocycles. The Morgan fingerprint density at radius 1 is 1.40 bits per heavy atom. The molecule has 0 heterocycles. The molecule has 56 valence electrons. The third kappa shape index (κ3) is 1.43. The van der Waals surface area contributed by atoms with Gasteiger partial charge in [0.15, 0.2) is 0 Å². The molecule has 0 radical (unpaired) electrons. The number of carbonyl (C=O) groups excluding carboxylic acids is 1. The van der Waals surface area contributed by atoms with Crippen LogP contribution < -0.4 is 0 Å². The second-order valence-corrected chi connectivity index (χ2v) is 2.48. The molecule has 0 aromatic carbocycles. The number of carbonyl (C=O) groups is 1. The maximum atomic E-state index is 10.2. The van der Waals surface area contributed by atoms with E-state index in [-0.39, 0.29) is 0 Å². The molecule has 3 atom stereocenters. The Morgan fingerprint density at radius 2 is 2.10 bits per heavy atom. The molecule has 2 N–H and O–H groups in total. The van der Waals surface area contributed by atoms with Gasteiger partial charge in [-0.25, -0.2) is 0 Å². The molecule has 0 bridgehead atoms. The van der Waals surface area contributed by atoms with Crippen molar-refractivity contribution < 1.29 is 15.0 Å². The fourth-order valence-electron chi connectivity index (χ4n) is 1.02. The van der Waals surface area contributed by atoms with E-state index < -0.39 is 18.1 Å². The monoisotopic (exact) mass is 142 g/mol. The molecule has 0 saturated carbocycles. The molecule has 3 nitrogen and oxygen atoms in total. The van der Waals surface area contributed by atoms with Gasteiger partial charge in [-0.15, -0.1) is 0 Å². The van der Waals surface area contributed by atoms with Gasteiger partial charge in [0.1, 0.15) is 6.29 Å². The third-order valence-electron chi connectivity index (χ3n) is 1.66. The van der Waals surface area contributed by atoms with E-state index in [4.69, 9.17) is 10.2 Å². The van der Waals surface area contributed by atoms with Crippen LogP contribution in [-0.2, 0) is 4.79 Å². The summed E-state index contributed by atoms with van der Waals surface area (Å²) in [7, 11) is 0. The molecule has 3 unspecified atom stereocenters. The molecular formula is C7H10O3. The van der Waals surface area contributed by atoms with Crippen LogP contribution in [0.3, 0.4) is 0 Å². The van der Waals surface area contributed by atoms with Gasteiger partial charge in [0.05, 0.1) is 12.2 Å². The van der Waals surface area contributed by atoms with Crippen LogP contribution in [0.4, 0.5) is 0 Å². The maximum Gasteiger partial charge on any atom is 0.126 e. The highest BCUT2D eigenvalue weighted by molar-refractivity contribution is 5.55. The summed E-state index contributed by atoms with van der Waals surface area (Å²) in [5.41, 5.74) is 0. The van der Waals surface area contributed by atoms with Gasteiger partial charge in [-0.1, -0.05) is 12.2 Å². The van der Waals surface area contributed by atoms with Gasteiger partial charge in [0.2, 0.25) is 0 Å². The van der Waals surface area contributed by atoms with Gasteiger partial charge in [-0.05, 0) is 6.42 Å². The lowest BCUT2D eigenvalue weighted by Crippen LogP contribution is -2.28. The minimum Gasteiger partial charge on any atom is -0.389 e. The minimum atomic E-state index is -0.708. The van der Waals surface area contributed by atoms with Crippen LogP contribution in [0.2, 0.25) is 0 Å². The van der Waals surface area contributed by atoms with Crippen LogP contribution in [0.1, 0.15) is 6.42 Å². The Kier molecular flexibility index (Phi) is 2.19. The van der Waals surface area contributed by atoms with Crippen molar-refractivity contribution in [2.75, 3.05) is 0 Å². The van der Waals surface area contributed by atoms with Crippen molar-refractivity contribution >= 4 is 6.29 Å². The first kappa shape index (κ1) is 7.44. The Bertz CT molecular complexity index is 153. The zero-order valence-electron chi connectivity index (χ0n) is 5.47. The van der Waals surface area contributed by atoms with Crippen molar-refractivity contribution in [1.29, 1.82) is 0 Å². The van der Waals surface area contributed by atoms with Crippen LogP contribution in [-0.4, -0.2) is 28.7 Å². The van der Waals surface area contributed by atoms with Gasteiger partial charge in [0, 0.05) is 5.92 Å². The molecule has 0 fully saturated rings. The molecule has 3 heteroatoms. The molecule has 0 aromatic rings. The standard InChI is InChI=1S/C7H10O3/c8-4-5-3-6(9)1-2-7(5)10/h1-2,4-7,9-10H,3H2. The first-order valence-electron chi connectivity index (χ1n) is 3.24. The SMILES string of the molecule is O=CC1CC(O)C=CC1O. The summed E-state index contributed by atoms with van der Waals surface area (Å²) in [4.78, 5) is 10.2. The predicted octanol–water partition coefficient (Wildman–Crippen LogP) is -0.517. The fraction of sp³-hybridized carbons (Fsp3) is 0.571. The highest BCUT2D eigenvalue weighted by Crippen LogP contribution is 2.16. The van der Waals surface area contributed by atoms with Crippen molar-refractivity contribution in [2.24, 2.45) is 5.92 Å². The average Bonchev–Trinajstić information content (AvgIpc) is 1.94. The fourth-order valence-corrected chi connectivity index (χ4v) is 1.02. The summed E-state index contributed by atoms with van der Waals surface area (Å²) in [6.45, 7) is 0. The first-order valence-corrected chi connectivity index (χ1v) is 3.24. The van der Waals surface area contributed by atoms with Crippen molar-refractivity contribution in [3.05, 3.63) is 12.2 Å². The van der Waals surface area contributed by atoms with E-state index >= 15 is 0 Å². The second kappa shape index (κ2) is 2.94. The van der Waals surface area contributed by atoms with Crippen LogP contribution in [0.5, 0.6) is 0 Å². The summed E-state index contributed by atoms with van der Waals surface area (Å²) < 4.78 is 0. The van der Waals surface area contributed by atoms with Crippen molar-refractivity contribution in [3.63, 3.8) is 0 Å². The Labute approximate surface area is 59.0 Å². The second-order valence-electron chi connectivity index (χ2n) is 2.48. The molecule has 1 rings (SSSR count). The van der Waals surface area contributed by atoms with Crippen LogP contribution in [0.25, 0.3) is 0 Å². The van der Waals surface area contributed by atoms with E-state index in [1.807, 2.05) is 0 Å². The van der Waals surface area contributed by atoms with Crippen LogP contribution >= 0.6 is 0 Å². The minimum absolute atomic E-state index is 0.334. The number of aliphatic hydroxyl groups excluding tert-OH is 2. The molecule has 10 heavy (non-hydrogen) atoms. The molecule has 0 aliphatic heterocycles. The van der Waals surface area contributed by atoms with E-state index in [0.29, 0.717) is 12.7 Å². The smallest absolute Gasteiger partial charge is 0.126 e. The summed E-state index contributed by atoms with van der Waals surface area (Å²) in [6.07, 6.45) is 2.69. The molecule has 0 amide bonds. The van der Waals surface area contributed by atoms with E-state index in [1.54, 1.807) is 0 Å². The Hall–Kier alpha value is -0.670. The average molecular weight is 142 g/mol. The third-order valence-corrected chi connectivity index (χ3v) is 1.66. The van der Waals surface area contributed by atoms with Crippen molar-refractivity contribution in [2.45, 2.75) is 18.6 Å². The van der Waals surface area contributed by atoms with Crippen molar-refractivity contribution in [1.82, 2.24) is 0 Å². The largest absolute Gasteiger partial charge is 0.389 e. The quantitative estimate of drug-likeness (QED) is 0.382. The maximum absolute atomic E-state index is 10.2. The van der Waals surface area contributed by atoms with E-state index in [0.717, 1.165) is 0 Å². The Balaban J connectivity index is 2.61. The molecular weight excluding hydrogens is 132 g/mol. The number of hydrogen-bond acceptors (Lipinski definition) is 3. The number of hydrogen-bond donors (Lipinski definition) is 2. The molecule has 1 aliphatic carbocycles. The lowest BCUT2D eigenvalue weighted by molar-refractivity contribution is -0.114. The van der Waals surface area contributed by atoms with Gasteiger partial charge < -0.3 is 15.0 Å². The molecule has 0 aromatic heterocycles. The number of rotatable bonds is 1. The van der Waals surface area contributed by atoms with E-state index in [1.165, 1.54) is 12.2 Å². The topological polar surface area (TPSA) is 57.5 Å². The molecule has 1 aliphatic rings. The Morgan fingerprint density at radius 3 is 2.60 bits per heavy atom. The van der Waals surface area contributed by atoms with E-state index in [2.05, 4.69) is 0 Å². The lowest BCUT2D eigenvalue weighted by atomic mass is 9.91. The lowest BCUT2D eigenvalue weighted by Gasteiger charge is -2.20. The van der Waals surface area contributed by atoms with Gasteiger partial charge >= 0.3 is 0 Å². The van der Waals surface area contributed by atoms with Crippen molar-refractivity contribution in [3.8, 4) is 0 Å². The highest BCUT2D eigenvalue weighted by Gasteiger charge is 2.22.